The lowest BCUT2D eigenvalue weighted by Gasteiger charge is -2.12. The molecule has 0 aliphatic carbocycles. The largest absolute Gasteiger partial charge is 0.369 e. The summed E-state index contributed by atoms with van der Waals surface area (Å²) >= 11 is 0. The van der Waals surface area contributed by atoms with Gasteiger partial charge in [0.25, 0.3) is 0 Å². The second-order valence-corrected chi connectivity index (χ2v) is 9.80. The van der Waals surface area contributed by atoms with Crippen LogP contribution < -0.4 is 5.73 Å². The van der Waals surface area contributed by atoms with Crippen molar-refractivity contribution >= 4 is 23.3 Å². The smallest absolute Gasteiger partial charge is 0.224 e. The van der Waals surface area contributed by atoms with Gasteiger partial charge in [0.05, 0.1) is 5.92 Å². The molecule has 3 atom stereocenters. The molecule has 0 aliphatic rings. The van der Waals surface area contributed by atoms with Crippen LogP contribution in [-0.2, 0) is 19.2 Å². The van der Waals surface area contributed by atoms with Gasteiger partial charge in [-0.3, -0.25) is 14.4 Å². The van der Waals surface area contributed by atoms with Crippen LogP contribution in [0.25, 0.3) is 0 Å². The number of hydrogen-bond acceptors (Lipinski definition) is 4. The van der Waals surface area contributed by atoms with Crippen LogP contribution in [0.15, 0.2) is 30.3 Å². The standard InChI is InChI=1S/C12H17NO.C12H22O2.C7H14O.C2H6/c1-2-3-9-11(12(13)14)10-7-5-4-6-8-10;1-4-6-7-8-9-11(5-2)12(14)10(3)13;1-4-6(2)5-7(3)8;1-2/h4-8,11H,2-3,9H2,1H3,(H2,13,14);11H,4-9H2,1-3H3;6H,4-5H2,1-3H3;1-2H3. The molecule has 38 heavy (non-hydrogen) atoms. The van der Waals surface area contributed by atoms with Crippen molar-refractivity contribution in [3.8, 4) is 0 Å². The molecular weight excluding hydrogens is 474 g/mol. The molecule has 0 bridgehead atoms. The van der Waals surface area contributed by atoms with E-state index in [9.17, 15) is 19.2 Å². The van der Waals surface area contributed by atoms with Crippen molar-refractivity contribution in [2.24, 2.45) is 17.6 Å². The van der Waals surface area contributed by atoms with Gasteiger partial charge >= 0.3 is 0 Å². The van der Waals surface area contributed by atoms with Gasteiger partial charge in [-0.1, -0.05) is 124 Å². The molecule has 3 unspecified atom stereocenters. The highest BCUT2D eigenvalue weighted by atomic mass is 16.2. The van der Waals surface area contributed by atoms with E-state index in [-0.39, 0.29) is 29.3 Å². The van der Waals surface area contributed by atoms with Crippen LogP contribution in [-0.4, -0.2) is 23.3 Å². The summed E-state index contributed by atoms with van der Waals surface area (Å²) in [6.45, 7) is 17.5. The number of amides is 1. The fourth-order valence-electron chi connectivity index (χ4n) is 3.83. The predicted molar refractivity (Wildman–Crippen MR) is 162 cm³/mol. The topological polar surface area (TPSA) is 94.3 Å². The van der Waals surface area contributed by atoms with E-state index in [0.717, 1.165) is 56.9 Å². The van der Waals surface area contributed by atoms with Crippen LogP contribution in [0.5, 0.6) is 0 Å². The van der Waals surface area contributed by atoms with Crippen molar-refractivity contribution < 1.29 is 19.2 Å². The maximum absolute atomic E-state index is 11.4. The Balaban J connectivity index is -0.000000485. The quantitative estimate of drug-likeness (QED) is 0.170. The normalized spacial score (nSPS) is 12.1. The second kappa shape index (κ2) is 27.7. The first-order valence-electron chi connectivity index (χ1n) is 14.9. The Morgan fingerprint density at radius 3 is 1.68 bits per heavy atom. The van der Waals surface area contributed by atoms with E-state index in [1.54, 1.807) is 6.92 Å². The van der Waals surface area contributed by atoms with Crippen LogP contribution >= 0.6 is 0 Å². The molecule has 0 fully saturated rings. The lowest BCUT2D eigenvalue weighted by Crippen LogP contribution is -2.21. The summed E-state index contributed by atoms with van der Waals surface area (Å²) in [5.74, 6) is 0.0633. The Hall–Kier alpha value is -2.30. The summed E-state index contributed by atoms with van der Waals surface area (Å²) in [5.41, 5.74) is 6.41. The monoisotopic (exact) mass is 533 g/mol. The fourth-order valence-corrected chi connectivity index (χ4v) is 3.83. The molecule has 1 aromatic carbocycles. The van der Waals surface area contributed by atoms with Gasteiger partial charge in [0.1, 0.15) is 5.78 Å². The Bertz CT molecular complexity index is 730. The van der Waals surface area contributed by atoms with Gasteiger partial charge in [-0.05, 0) is 37.7 Å². The van der Waals surface area contributed by atoms with Crippen molar-refractivity contribution in [1.29, 1.82) is 0 Å². The van der Waals surface area contributed by atoms with Gasteiger partial charge in [-0.2, -0.15) is 0 Å². The molecular formula is C33H59NO4. The lowest BCUT2D eigenvalue weighted by molar-refractivity contribution is -0.138. The van der Waals surface area contributed by atoms with Gasteiger partial charge in [0.2, 0.25) is 11.7 Å². The summed E-state index contributed by atoms with van der Waals surface area (Å²) in [4.78, 5) is 43.9. The van der Waals surface area contributed by atoms with Crippen molar-refractivity contribution in [3.05, 3.63) is 35.9 Å². The Kier molecular flexibility index (Phi) is 29.3. The minimum Gasteiger partial charge on any atom is -0.369 e. The Morgan fingerprint density at radius 2 is 1.32 bits per heavy atom. The molecule has 220 valence electrons. The summed E-state index contributed by atoms with van der Waals surface area (Å²) < 4.78 is 0. The fraction of sp³-hybridized carbons (Fsp3) is 0.697. The zero-order valence-electron chi connectivity index (χ0n) is 26.1. The number of ketones is 3. The number of nitrogens with two attached hydrogens (primary N) is 1. The SMILES string of the molecule is CC.CCC(C)CC(C)=O.CCCCC(C(N)=O)c1ccccc1.CCCCCCC(CC)C(=O)C(C)=O. The van der Waals surface area contributed by atoms with E-state index < -0.39 is 0 Å². The molecule has 5 nitrogen and oxygen atoms in total. The number of rotatable bonds is 16. The molecule has 0 aromatic heterocycles. The average Bonchev–Trinajstić information content (AvgIpc) is 2.90. The molecule has 0 heterocycles. The minimum atomic E-state index is -0.285. The lowest BCUT2D eigenvalue weighted by atomic mass is 9.92. The van der Waals surface area contributed by atoms with E-state index in [0.29, 0.717) is 11.7 Å². The number of carbonyl (C=O) groups excluding carboxylic acids is 4. The molecule has 2 N–H and O–H groups in total. The molecule has 0 saturated heterocycles. The van der Waals surface area contributed by atoms with Crippen LogP contribution in [0.1, 0.15) is 144 Å². The van der Waals surface area contributed by atoms with Crippen LogP contribution in [0.2, 0.25) is 0 Å². The van der Waals surface area contributed by atoms with Gasteiger partial charge in [0, 0.05) is 19.3 Å². The highest BCUT2D eigenvalue weighted by Crippen LogP contribution is 2.21. The Labute approximate surface area is 234 Å². The highest BCUT2D eigenvalue weighted by Gasteiger charge is 2.19. The molecule has 5 heteroatoms. The highest BCUT2D eigenvalue weighted by molar-refractivity contribution is 6.37. The van der Waals surface area contributed by atoms with Crippen LogP contribution in [0, 0.1) is 11.8 Å². The maximum atomic E-state index is 11.4. The first-order valence-corrected chi connectivity index (χ1v) is 14.9. The van der Waals surface area contributed by atoms with Crippen molar-refractivity contribution in [3.63, 3.8) is 0 Å². The summed E-state index contributed by atoms with van der Waals surface area (Å²) in [6, 6.07) is 9.76. The van der Waals surface area contributed by atoms with Crippen molar-refractivity contribution in [2.45, 2.75) is 139 Å². The minimum absolute atomic E-state index is 0.0237. The molecule has 0 aliphatic heterocycles. The third-order valence-corrected chi connectivity index (χ3v) is 6.34. The summed E-state index contributed by atoms with van der Waals surface area (Å²) in [5, 5.41) is 0. The third-order valence-electron chi connectivity index (χ3n) is 6.34. The molecule has 1 rings (SSSR count). The van der Waals surface area contributed by atoms with E-state index >= 15 is 0 Å². The van der Waals surface area contributed by atoms with E-state index in [1.807, 2.05) is 51.1 Å². The van der Waals surface area contributed by atoms with E-state index in [2.05, 4.69) is 27.7 Å². The number of unbranched alkanes of at least 4 members (excludes halogenated alkanes) is 4. The summed E-state index contributed by atoms with van der Waals surface area (Å²) in [7, 11) is 0. The number of benzene rings is 1. The average molecular weight is 534 g/mol. The van der Waals surface area contributed by atoms with Crippen LogP contribution in [0.3, 0.4) is 0 Å². The van der Waals surface area contributed by atoms with Gasteiger partial charge < -0.3 is 10.5 Å². The predicted octanol–water partition coefficient (Wildman–Crippen LogP) is 8.62. The van der Waals surface area contributed by atoms with Crippen molar-refractivity contribution in [2.75, 3.05) is 0 Å². The molecule has 0 spiro atoms. The number of hydrogen-bond donors (Lipinski definition) is 1. The first-order chi connectivity index (χ1) is 18.0. The Morgan fingerprint density at radius 1 is 0.763 bits per heavy atom. The molecule has 1 aromatic rings. The summed E-state index contributed by atoms with van der Waals surface area (Å²) in [6.07, 6.45) is 11.2. The first kappa shape index (κ1) is 40.2. The molecule has 0 radical (unpaired) electrons. The van der Waals surface area contributed by atoms with E-state index in [4.69, 9.17) is 5.73 Å². The zero-order valence-corrected chi connectivity index (χ0v) is 26.1. The van der Waals surface area contributed by atoms with Crippen LogP contribution in [0.4, 0.5) is 0 Å². The van der Waals surface area contributed by atoms with Crippen molar-refractivity contribution in [1.82, 2.24) is 0 Å². The molecule has 1 amide bonds. The van der Waals surface area contributed by atoms with Gasteiger partial charge in [-0.25, -0.2) is 0 Å². The number of primary amides is 1. The number of carbonyl (C=O) groups is 4. The molecule has 0 saturated carbocycles. The second-order valence-electron chi connectivity index (χ2n) is 9.80. The van der Waals surface area contributed by atoms with E-state index in [1.165, 1.54) is 26.2 Å². The third kappa shape index (κ3) is 22.9. The maximum Gasteiger partial charge on any atom is 0.224 e. The van der Waals surface area contributed by atoms with Gasteiger partial charge in [0.15, 0.2) is 5.78 Å². The zero-order chi connectivity index (χ0) is 29.9. The number of Topliss-reactive ketones (excluding diaryl/α,β-unsaturated/α-hetero) is 3. The van der Waals surface area contributed by atoms with Gasteiger partial charge in [-0.15, -0.1) is 0 Å².